The first-order chi connectivity index (χ1) is 11.6. The average molecular weight is 346 g/mol. The second-order valence-corrected chi connectivity index (χ2v) is 6.39. The van der Waals surface area contributed by atoms with Crippen LogP contribution in [0, 0.1) is 5.92 Å². The molecule has 2 N–H and O–H groups in total. The molecule has 1 heterocycles. The lowest BCUT2D eigenvalue weighted by molar-refractivity contribution is -0.0272. The van der Waals surface area contributed by atoms with E-state index in [2.05, 4.69) is 17.4 Å². The Morgan fingerprint density at radius 2 is 2.04 bits per heavy atom. The molecule has 0 unspecified atom stereocenters. The number of benzene rings is 2. The summed E-state index contributed by atoms with van der Waals surface area (Å²) >= 11 is 5.86. The Bertz CT molecular complexity index is 705. The fraction of sp³-hybridized carbons (Fsp3) is 0.316. The number of carbonyl (C=O) groups excluding carboxylic acids is 1. The van der Waals surface area contributed by atoms with Crippen LogP contribution in [0.2, 0.25) is 5.02 Å². The van der Waals surface area contributed by atoms with Crippen molar-refractivity contribution in [3.63, 3.8) is 0 Å². The molecule has 0 bridgehead atoms. The van der Waals surface area contributed by atoms with E-state index in [1.807, 2.05) is 18.2 Å². The lowest BCUT2D eigenvalue weighted by Crippen LogP contribution is -2.35. The molecule has 0 spiro atoms. The van der Waals surface area contributed by atoms with Gasteiger partial charge in [0, 0.05) is 24.6 Å². The van der Waals surface area contributed by atoms with Crippen molar-refractivity contribution < 1.29 is 14.6 Å². The van der Waals surface area contributed by atoms with Crippen molar-refractivity contribution in [2.45, 2.75) is 18.9 Å². The molecule has 0 aliphatic carbocycles. The summed E-state index contributed by atoms with van der Waals surface area (Å²) in [6.07, 6.45) is 2.01. The van der Waals surface area contributed by atoms with Gasteiger partial charge in [0.1, 0.15) is 5.75 Å². The van der Waals surface area contributed by atoms with E-state index in [-0.39, 0.29) is 28.7 Å². The second kappa shape index (κ2) is 7.69. The molecule has 2 atom stereocenters. The molecular weight excluding hydrogens is 326 g/mol. The molecule has 0 saturated carbocycles. The molecule has 0 radical (unpaired) electrons. The molecule has 0 aromatic heterocycles. The zero-order valence-corrected chi connectivity index (χ0v) is 14.0. The third kappa shape index (κ3) is 3.89. The molecule has 1 amide bonds. The molecule has 1 saturated heterocycles. The lowest BCUT2D eigenvalue weighted by atomic mass is 9.89. The molecule has 5 heteroatoms. The fourth-order valence-electron chi connectivity index (χ4n) is 3.04. The third-order valence-electron chi connectivity index (χ3n) is 4.31. The Hall–Kier alpha value is -2.04. The van der Waals surface area contributed by atoms with Crippen molar-refractivity contribution in [2.75, 3.05) is 13.2 Å². The van der Waals surface area contributed by atoms with Crippen LogP contribution in [0.25, 0.3) is 0 Å². The van der Waals surface area contributed by atoms with Gasteiger partial charge in [-0.1, -0.05) is 41.9 Å². The van der Waals surface area contributed by atoms with Crippen LogP contribution < -0.4 is 5.32 Å². The van der Waals surface area contributed by atoms with E-state index in [0.717, 1.165) is 25.0 Å². The fourth-order valence-corrected chi connectivity index (χ4v) is 3.22. The molecule has 24 heavy (non-hydrogen) atoms. The SMILES string of the molecule is O=C(NC[C@H]1CCCO[C@H]1c1ccccc1)c1ccc(O)c(Cl)c1. The van der Waals surface area contributed by atoms with Gasteiger partial charge in [-0.3, -0.25) is 4.79 Å². The van der Waals surface area contributed by atoms with E-state index in [1.165, 1.54) is 12.1 Å². The van der Waals surface area contributed by atoms with Gasteiger partial charge in [-0.15, -0.1) is 0 Å². The highest BCUT2D eigenvalue weighted by Gasteiger charge is 2.27. The van der Waals surface area contributed by atoms with Crippen LogP contribution in [-0.2, 0) is 4.74 Å². The first kappa shape index (κ1) is 16.8. The van der Waals surface area contributed by atoms with Crippen molar-refractivity contribution >= 4 is 17.5 Å². The van der Waals surface area contributed by atoms with Gasteiger partial charge >= 0.3 is 0 Å². The number of hydrogen-bond donors (Lipinski definition) is 2. The maximum absolute atomic E-state index is 12.3. The molecule has 1 aliphatic heterocycles. The van der Waals surface area contributed by atoms with E-state index in [9.17, 15) is 9.90 Å². The standard InChI is InChI=1S/C19H20ClNO3/c20-16-11-14(8-9-17(16)22)19(23)21-12-15-7-4-10-24-18(15)13-5-2-1-3-6-13/h1-3,5-6,8-9,11,15,18,22H,4,7,10,12H2,(H,21,23)/t15-,18+/m1/s1. The van der Waals surface area contributed by atoms with Crippen LogP contribution in [0.15, 0.2) is 48.5 Å². The summed E-state index contributed by atoms with van der Waals surface area (Å²) in [5.41, 5.74) is 1.58. The van der Waals surface area contributed by atoms with E-state index in [1.54, 1.807) is 6.07 Å². The molecule has 3 rings (SSSR count). The monoisotopic (exact) mass is 345 g/mol. The Labute approximate surface area is 146 Å². The minimum absolute atomic E-state index is 0.00338. The van der Waals surface area contributed by atoms with Crippen LogP contribution in [0.4, 0.5) is 0 Å². The smallest absolute Gasteiger partial charge is 0.251 e. The summed E-state index contributed by atoms with van der Waals surface area (Å²) in [5, 5.41) is 12.6. The molecular formula is C19H20ClNO3. The minimum Gasteiger partial charge on any atom is -0.506 e. The van der Waals surface area contributed by atoms with Gasteiger partial charge in [0.15, 0.2) is 0 Å². The zero-order valence-electron chi connectivity index (χ0n) is 13.2. The maximum atomic E-state index is 12.3. The highest BCUT2D eigenvalue weighted by atomic mass is 35.5. The van der Waals surface area contributed by atoms with Crippen molar-refractivity contribution in [1.82, 2.24) is 5.32 Å². The van der Waals surface area contributed by atoms with E-state index < -0.39 is 0 Å². The summed E-state index contributed by atoms with van der Waals surface area (Å²) in [7, 11) is 0. The van der Waals surface area contributed by atoms with Crippen LogP contribution in [0.5, 0.6) is 5.75 Å². The van der Waals surface area contributed by atoms with Gasteiger partial charge < -0.3 is 15.2 Å². The summed E-state index contributed by atoms with van der Waals surface area (Å²) in [6, 6.07) is 14.6. The first-order valence-electron chi connectivity index (χ1n) is 8.08. The summed E-state index contributed by atoms with van der Waals surface area (Å²) in [5.74, 6) is 0.00464. The van der Waals surface area contributed by atoms with Crippen molar-refractivity contribution in [2.24, 2.45) is 5.92 Å². The Kier molecular flexibility index (Phi) is 5.38. The van der Waals surface area contributed by atoms with Gasteiger partial charge in [0.25, 0.3) is 5.91 Å². The van der Waals surface area contributed by atoms with Gasteiger partial charge in [-0.05, 0) is 36.6 Å². The number of halogens is 1. The van der Waals surface area contributed by atoms with Gasteiger partial charge in [0.05, 0.1) is 11.1 Å². The summed E-state index contributed by atoms with van der Waals surface area (Å²) < 4.78 is 5.94. The predicted molar refractivity (Wildman–Crippen MR) is 93.3 cm³/mol. The number of hydrogen-bond acceptors (Lipinski definition) is 3. The number of nitrogens with one attached hydrogen (secondary N) is 1. The topological polar surface area (TPSA) is 58.6 Å². The molecule has 126 valence electrons. The number of amides is 1. The number of phenols is 1. The van der Waals surface area contributed by atoms with E-state index in [4.69, 9.17) is 16.3 Å². The normalized spacial score (nSPS) is 20.5. The predicted octanol–water partition coefficient (Wildman–Crippen LogP) is 3.94. The van der Waals surface area contributed by atoms with Gasteiger partial charge in [-0.25, -0.2) is 0 Å². The van der Waals surface area contributed by atoms with Crippen LogP contribution in [0.3, 0.4) is 0 Å². The molecule has 1 fully saturated rings. The second-order valence-electron chi connectivity index (χ2n) is 5.98. The van der Waals surface area contributed by atoms with Crippen molar-refractivity contribution in [3.8, 4) is 5.75 Å². The minimum atomic E-state index is -0.200. The van der Waals surface area contributed by atoms with Crippen molar-refractivity contribution in [1.29, 1.82) is 0 Å². The number of phenolic OH excluding ortho intramolecular Hbond substituents is 1. The van der Waals surface area contributed by atoms with Gasteiger partial charge in [-0.2, -0.15) is 0 Å². The highest BCUT2D eigenvalue weighted by molar-refractivity contribution is 6.32. The van der Waals surface area contributed by atoms with Crippen LogP contribution >= 0.6 is 11.6 Å². The zero-order chi connectivity index (χ0) is 16.9. The van der Waals surface area contributed by atoms with Crippen LogP contribution in [0.1, 0.15) is 34.9 Å². The average Bonchev–Trinajstić information content (AvgIpc) is 2.63. The van der Waals surface area contributed by atoms with E-state index >= 15 is 0 Å². The quantitative estimate of drug-likeness (QED) is 0.882. The Morgan fingerprint density at radius 3 is 2.79 bits per heavy atom. The molecule has 1 aliphatic rings. The summed E-state index contributed by atoms with van der Waals surface area (Å²) in [6.45, 7) is 1.29. The van der Waals surface area contributed by atoms with Crippen LogP contribution in [-0.4, -0.2) is 24.2 Å². The Balaban J connectivity index is 1.65. The number of ether oxygens (including phenoxy) is 1. The first-order valence-corrected chi connectivity index (χ1v) is 8.46. The molecule has 2 aromatic rings. The lowest BCUT2D eigenvalue weighted by Gasteiger charge is -2.32. The van der Waals surface area contributed by atoms with Crippen molar-refractivity contribution in [3.05, 3.63) is 64.7 Å². The number of aromatic hydroxyl groups is 1. The highest BCUT2D eigenvalue weighted by Crippen LogP contribution is 2.33. The Morgan fingerprint density at radius 1 is 1.25 bits per heavy atom. The summed E-state index contributed by atoms with van der Waals surface area (Å²) in [4.78, 5) is 12.3. The maximum Gasteiger partial charge on any atom is 0.251 e. The number of rotatable bonds is 4. The number of carbonyl (C=O) groups is 1. The third-order valence-corrected chi connectivity index (χ3v) is 4.61. The largest absolute Gasteiger partial charge is 0.506 e. The van der Waals surface area contributed by atoms with E-state index in [0.29, 0.717) is 12.1 Å². The molecule has 2 aromatic carbocycles. The molecule has 4 nitrogen and oxygen atoms in total. The van der Waals surface area contributed by atoms with Gasteiger partial charge in [0.2, 0.25) is 0 Å².